The Morgan fingerprint density at radius 1 is 1.14 bits per heavy atom. The maximum Gasteiger partial charge on any atom is 0.246 e. The molecule has 13 heteroatoms. The number of benzene rings is 2. The Labute approximate surface area is 207 Å². The Hall–Kier alpha value is -3.55. The summed E-state index contributed by atoms with van der Waals surface area (Å²) < 4.78 is 60.8. The number of amides is 1. The van der Waals surface area contributed by atoms with Crippen LogP contribution in [0, 0.1) is 13.8 Å². The Kier molecular flexibility index (Phi) is 5.93. The Morgan fingerprint density at radius 2 is 1.86 bits per heavy atom. The third kappa shape index (κ3) is 4.52. The number of aryl methyl sites for hydroxylation is 2. The van der Waals surface area contributed by atoms with E-state index >= 15 is 0 Å². The predicted octanol–water partition coefficient (Wildman–Crippen LogP) is 2.32. The standard InChI is InChI=1S/C23H23N5O6S2/c1-13-22(14(2)34-26-13)36(32,33)27-19(23-24-17-5-3-4-6-18(17)25-23)11-15-7-9-16(10-8-15)20-12-21(29)28-35(20,30)31/h3-10,19-20,27H,11-12H2,1-2H3,(H,24,25)(H,28,29)/t19-,20?/m0/s1. The number of hydrogen-bond acceptors (Lipinski definition) is 8. The van der Waals surface area contributed by atoms with Gasteiger partial charge in [-0.1, -0.05) is 41.6 Å². The summed E-state index contributed by atoms with van der Waals surface area (Å²) in [6.45, 7) is 3.08. The second kappa shape index (κ2) is 8.84. The number of carbonyl (C=O) groups is 1. The fraction of sp³-hybridized carbons (Fsp3) is 0.261. The fourth-order valence-corrected chi connectivity index (χ4v) is 7.35. The van der Waals surface area contributed by atoms with Gasteiger partial charge in [0.1, 0.15) is 21.7 Å². The van der Waals surface area contributed by atoms with Crippen molar-refractivity contribution in [1.29, 1.82) is 0 Å². The summed E-state index contributed by atoms with van der Waals surface area (Å²) in [5.74, 6) is 0.0557. The van der Waals surface area contributed by atoms with E-state index in [0.29, 0.717) is 16.9 Å². The molecule has 11 nitrogen and oxygen atoms in total. The number of nitrogens with zero attached hydrogens (tertiary/aromatic N) is 2. The topological polar surface area (TPSA) is 164 Å². The summed E-state index contributed by atoms with van der Waals surface area (Å²) in [4.78, 5) is 19.3. The summed E-state index contributed by atoms with van der Waals surface area (Å²) in [6, 6.07) is 13.3. The van der Waals surface area contributed by atoms with E-state index in [-0.39, 0.29) is 29.2 Å². The number of aromatic amines is 1. The molecule has 1 aliphatic heterocycles. The highest BCUT2D eigenvalue weighted by atomic mass is 32.2. The van der Waals surface area contributed by atoms with E-state index < -0.39 is 37.2 Å². The number of H-pyrrole nitrogens is 1. The van der Waals surface area contributed by atoms with Gasteiger partial charge < -0.3 is 9.51 Å². The van der Waals surface area contributed by atoms with Crippen LogP contribution in [-0.2, 0) is 31.3 Å². The van der Waals surface area contributed by atoms with Crippen LogP contribution >= 0.6 is 0 Å². The summed E-state index contributed by atoms with van der Waals surface area (Å²) in [5, 5.41) is 2.79. The van der Waals surface area contributed by atoms with Crippen molar-refractivity contribution in [2.45, 2.75) is 42.9 Å². The van der Waals surface area contributed by atoms with Crippen LogP contribution in [0.3, 0.4) is 0 Å². The molecule has 2 aromatic carbocycles. The van der Waals surface area contributed by atoms with E-state index in [1.807, 2.05) is 29.0 Å². The van der Waals surface area contributed by atoms with E-state index in [1.165, 1.54) is 6.92 Å². The van der Waals surface area contributed by atoms with E-state index in [9.17, 15) is 21.6 Å². The molecule has 2 aromatic heterocycles. The third-order valence-electron chi connectivity index (χ3n) is 6.06. The fourth-order valence-electron chi connectivity index (χ4n) is 4.39. The molecular weight excluding hydrogens is 506 g/mol. The van der Waals surface area contributed by atoms with Crippen LogP contribution in [0.25, 0.3) is 11.0 Å². The van der Waals surface area contributed by atoms with Gasteiger partial charge in [-0.25, -0.2) is 21.8 Å². The molecular formula is C23H23N5O6S2. The molecule has 3 N–H and O–H groups in total. The molecule has 4 aromatic rings. The average molecular weight is 530 g/mol. The highest BCUT2D eigenvalue weighted by molar-refractivity contribution is 7.90. The van der Waals surface area contributed by atoms with Crippen LogP contribution in [0.5, 0.6) is 0 Å². The Bertz CT molecular complexity index is 1620. The lowest BCUT2D eigenvalue weighted by atomic mass is 10.0. The zero-order chi connectivity index (χ0) is 25.7. The molecule has 1 aliphatic rings. The Balaban J connectivity index is 1.48. The minimum atomic E-state index is -4.02. The molecule has 0 spiro atoms. The molecule has 1 unspecified atom stereocenters. The number of aromatic nitrogens is 3. The summed E-state index contributed by atoms with van der Waals surface area (Å²) in [7, 11) is -7.78. The number of fused-ring (bicyclic) bond motifs is 1. The van der Waals surface area contributed by atoms with Gasteiger partial charge in [-0.2, -0.15) is 4.72 Å². The quantitative estimate of drug-likeness (QED) is 0.328. The van der Waals surface area contributed by atoms with E-state index in [0.717, 1.165) is 11.1 Å². The van der Waals surface area contributed by atoms with Gasteiger partial charge in [0.2, 0.25) is 26.0 Å². The molecule has 1 fully saturated rings. The Morgan fingerprint density at radius 3 is 2.47 bits per heavy atom. The average Bonchev–Trinajstić information content (AvgIpc) is 3.47. The molecule has 1 saturated heterocycles. The van der Waals surface area contributed by atoms with Crippen molar-refractivity contribution in [3.05, 3.63) is 76.9 Å². The van der Waals surface area contributed by atoms with Crippen LogP contribution < -0.4 is 9.44 Å². The molecule has 36 heavy (non-hydrogen) atoms. The van der Waals surface area contributed by atoms with Gasteiger partial charge in [-0.15, -0.1) is 0 Å². The van der Waals surface area contributed by atoms with Crippen molar-refractivity contribution in [2.75, 3.05) is 0 Å². The van der Waals surface area contributed by atoms with E-state index in [4.69, 9.17) is 4.52 Å². The SMILES string of the molecule is Cc1noc(C)c1S(=O)(=O)N[C@@H](Cc1ccc(C2CC(=O)NS2(=O)=O)cc1)c1nc2ccccc2[nH]1. The first kappa shape index (κ1) is 24.2. The molecule has 0 aliphatic carbocycles. The van der Waals surface area contributed by atoms with Gasteiger partial charge in [-0.3, -0.25) is 9.52 Å². The van der Waals surface area contributed by atoms with Crippen molar-refractivity contribution >= 4 is 37.0 Å². The number of sulfonamides is 2. The lowest BCUT2D eigenvalue weighted by molar-refractivity contribution is -0.118. The lowest BCUT2D eigenvalue weighted by Crippen LogP contribution is -2.31. The first-order valence-electron chi connectivity index (χ1n) is 11.1. The maximum absolute atomic E-state index is 13.3. The van der Waals surface area contributed by atoms with Gasteiger partial charge in [-0.05, 0) is 43.5 Å². The molecule has 1 amide bonds. The van der Waals surface area contributed by atoms with Crippen LogP contribution in [0.1, 0.15) is 46.1 Å². The number of carbonyl (C=O) groups excluding carboxylic acids is 1. The lowest BCUT2D eigenvalue weighted by Gasteiger charge is -2.17. The van der Waals surface area contributed by atoms with Crippen LogP contribution in [-0.4, -0.2) is 37.9 Å². The second-order valence-electron chi connectivity index (χ2n) is 8.68. The van der Waals surface area contributed by atoms with Gasteiger partial charge >= 0.3 is 0 Å². The van der Waals surface area contributed by atoms with E-state index in [2.05, 4.69) is 19.8 Å². The van der Waals surface area contributed by atoms with E-state index in [1.54, 1.807) is 31.2 Å². The summed E-state index contributed by atoms with van der Waals surface area (Å²) in [6.07, 6.45) is 0.0812. The van der Waals surface area contributed by atoms with Gasteiger partial charge in [0.15, 0.2) is 5.76 Å². The normalized spacial score (nSPS) is 18.4. The zero-order valence-corrected chi connectivity index (χ0v) is 21.0. The number of hydrogen-bond donors (Lipinski definition) is 3. The van der Waals surface area contributed by atoms with Gasteiger partial charge in [0, 0.05) is 0 Å². The molecule has 3 heterocycles. The predicted molar refractivity (Wildman–Crippen MR) is 130 cm³/mol. The van der Waals surface area contributed by atoms with Gasteiger partial charge in [0.25, 0.3) is 0 Å². The van der Waals surface area contributed by atoms with Gasteiger partial charge in [0.05, 0.1) is 23.5 Å². The molecule has 188 valence electrons. The smallest absolute Gasteiger partial charge is 0.246 e. The molecule has 5 rings (SSSR count). The highest BCUT2D eigenvalue weighted by Crippen LogP contribution is 2.31. The van der Waals surface area contributed by atoms with Crippen molar-refractivity contribution in [1.82, 2.24) is 24.6 Å². The van der Waals surface area contributed by atoms with Crippen molar-refractivity contribution in [2.24, 2.45) is 0 Å². The van der Waals surface area contributed by atoms with Crippen molar-refractivity contribution in [3.8, 4) is 0 Å². The summed E-state index contributed by atoms with van der Waals surface area (Å²) in [5.41, 5.74) is 2.91. The molecule has 0 saturated carbocycles. The molecule has 0 radical (unpaired) electrons. The van der Waals surface area contributed by atoms with Crippen LogP contribution in [0.2, 0.25) is 0 Å². The first-order valence-corrected chi connectivity index (χ1v) is 14.1. The third-order valence-corrected chi connectivity index (χ3v) is 9.48. The molecule has 2 atom stereocenters. The second-order valence-corrected chi connectivity index (χ2v) is 12.2. The number of rotatable bonds is 7. The monoisotopic (exact) mass is 529 g/mol. The molecule has 0 bridgehead atoms. The van der Waals surface area contributed by atoms with Crippen LogP contribution in [0.15, 0.2) is 57.9 Å². The minimum absolute atomic E-state index is 0.0254. The van der Waals surface area contributed by atoms with Crippen molar-refractivity contribution < 1.29 is 26.2 Å². The maximum atomic E-state index is 13.3. The zero-order valence-electron chi connectivity index (χ0n) is 19.3. The minimum Gasteiger partial charge on any atom is -0.360 e. The largest absolute Gasteiger partial charge is 0.360 e. The number of para-hydroxylation sites is 2. The number of nitrogens with one attached hydrogen (secondary N) is 3. The first-order chi connectivity index (χ1) is 17.0. The van der Waals surface area contributed by atoms with Crippen molar-refractivity contribution in [3.63, 3.8) is 0 Å². The van der Waals surface area contributed by atoms with Crippen LogP contribution in [0.4, 0.5) is 0 Å². The number of imidazole rings is 1. The summed E-state index contributed by atoms with van der Waals surface area (Å²) >= 11 is 0. The highest BCUT2D eigenvalue weighted by Gasteiger charge is 2.37.